The van der Waals surface area contributed by atoms with Crippen molar-refractivity contribution in [1.29, 1.82) is 0 Å². The number of nitrogens with zero attached hydrogens (tertiary/aromatic N) is 1. The molecule has 0 saturated carbocycles. The van der Waals surface area contributed by atoms with E-state index in [1.54, 1.807) is 12.1 Å². The van der Waals surface area contributed by atoms with Gasteiger partial charge in [0.05, 0.1) is 23.5 Å². The van der Waals surface area contributed by atoms with Crippen LogP contribution in [0.2, 0.25) is 0 Å². The fourth-order valence-electron chi connectivity index (χ4n) is 2.51. The number of hydrogen-bond acceptors (Lipinski definition) is 2. The first-order valence-electron chi connectivity index (χ1n) is 7.71. The molecule has 0 unspecified atom stereocenters. The first-order chi connectivity index (χ1) is 11.5. The number of aryl methyl sites for hydroxylation is 1. The molecule has 24 heavy (non-hydrogen) atoms. The summed E-state index contributed by atoms with van der Waals surface area (Å²) >= 11 is 0. The Balaban J connectivity index is 1.80. The molecule has 0 aliphatic carbocycles. The van der Waals surface area contributed by atoms with E-state index in [9.17, 15) is 9.18 Å². The maximum atomic E-state index is 13.0. The Morgan fingerprint density at radius 3 is 2.46 bits per heavy atom. The van der Waals surface area contributed by atoms with Crippen LogP contribution in [-0.2, 0) is 0 Å². The average Bonchev–Trinajstić information content (AvgIpc) is 3.06. The predicted octanol–water partition coefficient (Wildman–Crippen LogP) is 4.02. The maximum absolute atomic E-state index is 13.0. The second-order valence-electron chi connectivity index (χ2n) is 5.77. The molecule has 0 spiro atoms. The minimum atomic E-state index is -0.297. The number of benzene rings is 2. The van der Waals surface area contributed by atoms with Crippen LogP contribution in [0.1, 0.15) is 34.5 Å². The van der Waals surface area contributed by atoms with Crippen molar-refractivity contribution in [2.75, 3.05) is 0 Å². The van der Waals surface area contributed by atoms with E-state index in [1.807, 2.05) is 38.1 Å². The Kier molecular flexibility index (Phi) is 4.42. The van der Waals surface area contributed by atoms with Crippen LogP contribution >= 0.6 is 0 Å². The van der Waals surface area contributed by atoms with E-state index in [1.165, 1.54) is 18.3 Å². The fourth-order valence-corrected chi connectivity index (χ4v) is 2.51. The molecule has 2 aromatic carbocycles. The van der Waals surface area contributed by atoms with Crippen LogP contribution in [-0.4, -0.2) is 16.1 Å². The summed E-state index contributed by atoms with van der Waals surface area (Å²) in [5.41, 5.74) is 4.05. The van der Waals surface area contributed by atoms with Crippen LogP contribution in [0.4, 0.5) is 4.39 Å². The zero-order valence-corrected chi connectivity index (χ0v) is 13.5. The molecule has 3 aromatic rings. The average molecular weight is 323 g/mol. The summed E-state index contributed by atoms with van der Waals surface area (Å²) in [7, 11) is 0. The highest BCUT2D eigenvalue weighted by Crippen LogP contribution is 2.22. The molecule has 5 heteroatoms. The van der Waals surface area contributed by atoms with Crippen molar-refractivity contribution in [3.63, 3.8) is 0 Å². The van der Waals surface area contributed by atoms with Gasteiger partial charge < -0.3 is 5.32 Å². The molecule has 1 aromatic heterocycles. The van der Waals surface area contributed by atoms with Crippen molar-refractivity contribution in [2.45, 2.75) is 19.9 Å². The molecule has 2 N–H and O–H groups in total. The van der Waals surface area contributed by atoms with Crippen LogP contribution < -0.4 is 5.32 Å². The third kappa shape index (κ3) is 3.35. The maximum Gasteiger partial charge on any atom is 0.255 e. The van der Waals surface area contributed by atoms with Gasteiger partial charge in [-0.15, -0.1) is 0 Å². The highest BCUT2D eigenvalue weighted by molar-refractivity contribution is 5.99. The molecule has 0 fully saturated rings. The van der Waals surface area contributed by atoms with Crippen molar-refractivity contribution in [3.8, 4) is 11.3 Å². The molecule has 0 saturated heterocycles. The Bertz CT molecular complexity index is 838. The SMILES string of the molecule is Cc1ccc(-c2[nH]ncc2C(=O)N[C@@H](C)c2ccc(F)cc2)cc1. The first kappa shape index (κ1) is 15.9. The fraction of sp³-hybridized carbons (Fsp3) is 0.158. The van der Waals surface area contributed by atoms with Crippen molar-refractivity contribution >= 4 is 5.91 Å². The molecule has 1 heterocycles. The van der Waals surface area contributed by atoms with Crippen molar-refractivity contribution in [3.05, 3.63) is 77.2 Å². The zero-order chi connectivity index (χ0) is 17.1. The van der Waals surface area contributed by atoms with E-state index >= 15 is 0 Å². The molecule has 4 nitrogen and oxygen atoms in total. The molecular formula is C19H18FN3O. The standard InChI is InChI=1S/C19H18FN3O/c1-12-3-5-15(6-4-12)18-17(11-21-23-18)19(24)22-13(2)14-7-9-16(20)10-8-14/h3-11,13H,1-2H3,(H,21,23)(H,22,24)/t13-/m0/s1. The Hall–Kier alpha value is -2.95. The lowest BCUT2D eigenvalue weighted by Gasteiger charge is -2.14. The summed E-state index contributed by atoms with van der Waals surface area (Å²) < 4.78 is 13.0. The quantitative estimate of drug-likeness (QED) is 0.762. The minimum absolute atomic E-state index is 0.226. The number of hydrogen-bond donors (Lipinski definition) is 2. The lowest BCUT2D eigenvalue weighted by Crippen LogP contribution is -2.26. The van der Waals surface area contributed by atoms with Gasteiger partial charge in [0.2, 0.25) is 0 Å². The van der Waals surface area contributed by atoms with Gasteiger partial charge in [0.1, 0.15) is 5.82 Å². The smallest absolute Gasteiger partial charge is 0.255 e. The van der Waals surface area contributed by atoms with Gasteiger partial charge in [0.25, 0.3) is 5.91 Å². The summed E-state index contributed by atoms with van der Waals surface area (Å²) in [6, 6.07) is 13.7. The molecule has 1 atom stereocenters. The van der Waals surface area contributed by atoms with Gasteiger partial charge in [0.15, 0.2) is 0 Å². The largest absolute Gasteiger partial charge is 0.345 e. The summed E-state index contributed by atoms with van der Waals surface area (Å²) in [6.45, 7) is 3.87. The molecule has 0 radical (unpaired) electrons. The van der Waals surface area contributed by atoms with Gasteiger partial charge in [-0.1, -0.05) is 42.0 Å². The summed E-state index contributed by atoms with van der Waals surface area (Å²) in [6.07, 6.45) is 1.52. The van der Waals surface area contributed by atoms with Gasteiger partial charge in [-0.25, -0.2) is 4.39 Å². The highest BCUT2D eigenvalue weighted by atomic mass is 19.1. The number of carbonyl (C=O) groups is 1. The normalized spacial score (nSPS) is 12.0. The Morgan fingerprint density at radius 2 is 1.79 bits per heavy atom. The topological polar surface area (TPSA) is 57.8 Å². The molecule has 0 bridgehead atoms. The summed E-state index contributed by atoms with van der Waals surface area (Å²) in [5.74, 6) is -0.523. The van der Waals surface area contributed by atoms with Crippen LogP contribution in [0.15, 0.2) is 54.7 Å². The second kappa shape index (κ2) is 6.66. The van der Waals surface area contributed by atoms with Crippen molar-refractivity contribution in [1.82, 2.24) is 15.5 Å². The van der Waals surface area contributed by atoms with Crippen LogP contribution in [0, 0.1) is 12.7 Å². The van der Waals surface area contributed by atoms with E-state index < -0.39 is 0 Å². The lowest BCUT2D eigenvalue weighted by atomic mass is 10.0. The van der Waals surface area contributed by atoms with E-state index in [4.69, 9.17) is 0 Å². The number of halogens is 1. The van der Waals surface area contributed by atoms with E-state index in [2.05, 4.69) is 15.5 Å². The number of rotatable bonds is 4. The Morgan fingerprint density at radius 1 is 1.12 bits per heavy atom. The molecule has 0 aliphatic heterocycles. The van der Waals surface area contributed by atoms with E-state index in [-0.39, 0.29) is 17.8 Å². The molecular weight excluding hydrogens is 305 g/mol. The molecule has 3 rings (SSSR count). The number of nitrogens with one attached hydrogen (secondary N) is 2. The second-order valence-corrected chi connectivity index (χ2v) is 5.77. The summed E-state index contributed by atoms with van der Waals surface area (Å²) in [5, 5.41) is 9.80. The van der Waals surface area contributed by atoms with E-state index in [0.29, 0.717) is 11.3 Å². The van der Waals surface area contributed by atoms with Crippen LogP contribution in [0.5, 0.6) is 0 Å². The van der Waals surface area contributed by atoms with Crippen molar-refractivity contribution < 1.29 is 9.18 Å². The van der Waals surface area contributed by atoms with Gasteiger partial charge in [-0.2, -0.15) is 5.10 Å². The highest BCUT2D eigenvalue weighted by Gasteiger charge is 2.17. The number of amides is 1. The Labute approximate surface area is 139 Å². The minimum Gasteiger partial charge on any atom is -0.345 e. The number of H-pyrrole nitrogens is 1. The summed E-state index contributed by atoms with van der Waals surface area (Å²) in [4.78, 5) is 12.6. The molecule has 122 valence electrons. The lowest BCUT2D eigenvalue weighted by molar-refractivity contribution is 0.0940. The van der Waals surface area contributed by atoms with Crippen LogP contribution in [0.25, 0.3) is 11.3 Å². The van der Waals surface area contributed by atoms with Crippen LogP contribution in [0.3, 0.4) is 0 Å². The number of aromatic nitrogens is 2. The first-order valence-corrected chi connectivity index (χ1v) is 7.71. The number of aromatic amines is 1. The molecule has 0 aliphatic rings. The van der Waals surface area contributed by atoms with Gasteiger partial charge in [-0.3, -0.25) is 9.89 Å². The van der Waals surface area contributed by atoms with Gasteiger partial charge in [0, 0.05) is 5.56 Å². The van der Waals surface area contributed by atoms with Gasteiger partial charge in [-0.05, 0) is 31.5 Å². The van der Waals surface area contributed by atoms with Crippen molar-refractivity contribution in [2.24, 2.45) is 0 Å². The predicted molar refractivity (Wildman–Crippen MR) is 91.0 cm³/mol. The van der Waals surface area contributed by atoms with Gasteiger partial charge >= 0.3 is 0 Å². The van der Waals surface area contributed by atoms with E-state index in [0.717, 1.165) is 16.7 Å². The monoisotopic (exact) mass is 323 g/mol. The molecule has 1 amide bonds. The number of carbonyl (C=O) groups excluding carboxylic acids is 1. The third-order valence-corrected chi connectivity index (χ3v) is 3.94. The zero-order valence-electron chi connectivity index (χ0n) is 13.5. The third-order valence-electron chi connectivity index (χ3n) is 3.94.